The average Bonchev–Trinajstić information content (AvgIpc) is 3.08. The van der Waals surface area contributed by atoms with Crippen molar-refractivity contribution in [1.82, 2.24) is 15.2 Å². The van der Waals surface area contributed by atoms with Crippen LogP contribution in [0.1, 0.15) is 9.80 Å². The second-order valence-corrected chi connectivity index (χ2v) is 7.20. The molecule has 3 aromatic rings. The maximum atomic E-state index is 11.9. The summed E-state index contributed by atoms with van der Waals surface area (Å²) in [6, 6.07) is 7.79. The molecule has 2 heterocycles. The fourth-order valence-electron chi connectivity index (χ4n) is 1.56. The highest BCUT2D eigenvalue weighted by molar-refractivity contribution is 9.10. The Labute approximate surface area is 141 Å². The van der Waals surface area contributed by atoms with Gasteiger partial charge in [-0.05, 0) is 23.7 Å². The van der Waals surface area contributed by atoms with Crippen LogP contribution in [-0.4, -0.2) is 21.1 Å². The van der Waals surface area contributed by atoms with Crippen LogP contribution in [-0.2, 0) is 0 Å². The highest BCUT2D eigenvalue weighted by atomic mass is 79.9. The number of nitrogens with one attached hydrogen (secondary N) is 1. The molecule has 0 radical (unpaired) electrons. The second kappa shape index (κ2) is 6.18. The van der Waals surface area contributed by atoms with Gasteiger partial charge in [-0.25, -0.2) is 4.98 Å². The normalized spacial score (nSPS) is 10.6. The first-order chi connectivity index (χ1) is 10.1. The van der Waals surface area contributed by atoms with Crippen molar-refractivity contribution in [1.29, 1.82) is 0 Å². The SMILES string of the molecule is O=C(Nc1nc(-c2cccc(Br)c2)cs1)c1nnc(Cl)s1. The molecule has 0 atom stereocenters. The number of carbonyl (C=O) groups excluding carboxylic acids is 1. The predicted molar refractivity (Wildman–Crippen MR) is 88.1 cm³/mol. The molecular formula is C12H6BrClN4OS2. The lowest BCUT2D eigenvalue weighted by atomic mass is 10.2. The Morgan fingerprint density at radius 3 is 2.90 bits per heavy atom. The first-order valence-corrected chi connectivity index (χ1v) is 8.50. The molecule has 0 unspecified atom stereocenters. The van der Waals surface area contributed by atoms with Gasteiger partial charge in [0.2, 0.25) is 9.47 Å². The number of nitrogens with zero attached hydrogens (tertiary/aromatic N) is 3. The molecule has 0 fully saturated rings. The van der Waals surface area contributed by atoms with Gasteiger partial charge in [-0.3, -0.25) is 10.1 Å². The number of thiazole rings is 1. The molecule has 0 aliphatic carbocycles. The molecule has 1 amide bonds. The van der Waals surface area contributed by atoms with Gasteiger partial charge < -0.3 is 0 Å². The molecule has 0 aliphatic rings. The van der Waals surface area contributed by atoms with E-state index in [1.54, 1.807) is 0 Å². The fourth-order valence-corrected chi connectivity index (χ4v) is 3.40. The van der Waals surface area contributed by atoms with Crippen LogP contribution in [0, 0.1) is 0 Å². The highest BCUT2D eigenvalue weighted by Gasteiger charge is 2.14. The van der Waals surface area contributed by atoms with E-state index in [1.165, 1.54) is 11.3 Å². The van der Waals surface area contributed by atoms with Crippen molar-refractivity contribution in [3.05, 3.63) is 43.6 Å². The average molecular weight is 402 g/mol. The van der Waals surface area contributed by atoms with Crippen molar-refractivity contribution in [2.24, 2.45) is 0 Å². The molecule has 0 saturated heterocycles. The molecule has 1 N–H and O–H groups in total. The summed E-state index contributed by atoms with van der Waals surface area (Å²) < 4.78 is 1.20. The van der Waals surface area contributed by atoms with E-state index < -0.39 is 0 Å². The summed E-state index contributed by atoms with van der Waals surface area (Å²) in [5.74, 6) is -0.366. The minimum atomic E-state index is -0.366. The van der Waals surface area contributed by atoms with E-state index in [2.05, 4.69) is 36.4 Å². The predicted octanol–water partition coefficient (Wildman–Crippen LogP) is 4.33. The smallest absolute Gasteiger partial charge is 0.288 e. The third-order valence-electron chi connectivity index (χ3n) is 2.44. The van der Waals surface area contributed by atoms with E-state index in [9.17, 15) is 4.79 Å². The monoisotopic (exact) mass is 400 g/mol. The summed E-state index contributed by atoms with van der Waals surface area (Å²) in [4.78, 5) is 16.3. The van der Waals surface area contributed by atoms with Crippen molar-refractivity contribution >= 4 is 61.2 Å². The standard InChI is InChI=1S/C12H6BrClN4OS2/c13-7-3-1-2-6(4-7)8-5-20-12(15-8)16-9(19)10-17-18-11(14)21-10/h1-5H,(H,15,16,19). The van der Waals surface area contributed by atoms with Crippen LogP contribution in [0.25, 0.3) is 11.3 Å². The first kappa shape index (κ1) is 14.6. The summed E-state index contributed by atoms with van der Waals surface area (Å²) in [6.07, 6.45) is 0. The van der Waals surface area contributed by atoms with Crippen molar-refractivity contribution in [2.75, 3.05) is 5.32 Å². The van der Waals surface area contributed by atoms with Gasteiger partial charge in [0.15, 0.2) is 5.13 Å². The quantitative estimate of drug-likeness (QED) is 0.709. The van der Waals surface area contributed by atoms with E-state index >= 15 is 0 Å². The Morgan fingerprint density at radius 2 is 2.19 bits per heavy atom. The van der Waals surface area contributed by atoms with Crippen molar-refractivity contribution in [3.8, 4) is 11.3 Å². The topological polar surface area (TPSA) is 67.8 Å². The highest BCUT2D eigenvalue weighted by Crippen LogP contribution is 2.27. The van der Waals surface area contributed by atoms with Gasteiger partial charge in [0, 0.05) is 15.4 Å². The summed E-state index contributed by atoms with van der Waals surface area (Å²) in [5.41, 5.74) is 1.77. The van der Waals surface area contributed by atoms with Gasteiger partial charge >= 0.3 is 0 Å². The van der Waals surface area contributed by atoms with E-state index in [4.69, 9.17) is 11.6 Å². The Morgan fingerprint density at radius 1 is 1.33 bits per heavy atom. The molecule has 5 nitrogen and oxygen atoms in total. The Hall–Kier alpha value is -1.35. The molecular weight excluding hydrogens is 396 g/mol. The van der Waals surface area contributed by atoms with E-state index in [0.717, 1.165) is 27.1 Å². The summed E-state index contributed by atoms with van der Waals surface area (Å²) in [7, 11) is 0. The maximum absolute atomic E-state index is 11.9. The van der Waals surface area contributed by atoms with Crippen molar-refractivity contribution in [2.45, 2.75) is 0 Å². The van der Waals surface area contributed by atoms with Gasteiger partial charge in [-0.15, -0.1) is 21.5 Å². The Bertz CT molecular complexity index is 804. The van der Waals surface area contributed by atoms with Crippen LogP contribution in [0.2, 0.25) is 4.47 Å². The zero-order valence-electron chi connectivity index (χ0n) is 10.2. The van der Waals surface area contributed by atoms with E-state index in [1.807, 2.05) is 29.6 Å². The number of halogens is 2. The Kier molecular flexibility index (Phi) is 4.29. The number of carbonyl (C=O) groups is 1. The van der Waals surface area contributed by atoms with E-state index in [-0.39, 0.29) is 15.4 Å². The van der Waals surface area contributed by atoms with Crippen LogP contribution in [0.5, 0.6) is 0 Å². The van der Waals surface area contributed by atoms with Gasteiger partial charge in [-0.1, -0.05) is 39.4 Å². The largest absolute Gasteiger partial charge is 0.296 e. The van der Waals surface area contributed by atoms with Crippen LogP contribution in [0.3, 0.4) is 0 Å². The van der Waals surface area contributed by atoms with Gasteiger partial charge in [-0.2, -0.15) is 0 Å². The van der Waals surface area contributed by atoms with Crippen molar-refractivity contribution in [3.63, 3.8) is 0 Å². The number of benzene rings is 1. The minimum Gasteiger partial charge on any atom is -0.296 e. The molecule has 0 spiro atoms. The molecule has 0 aliphatic heterocycles. The summed E-state index contributed by atoms with van der Waals surface area (Å²) in [5, 5.41) is 12.5. The lowest BCUT2D eigenvalue weighted by molar-refractivity contribution is 0.102. The number of aromatic nitrogens is 3. The van der Waals surface area contributed by atoms with Crippen LogP contribution < -0.4 is 5.32 Å². The molecule has 106 valence electrons. The molecule has 9 heteroatoms. The molecule has 2 aromatic heterocycles. The minimum absolute atomic E-state index is 0.208. The zero-order chi connectivity index (χ0) is 14.8. The van der Waals surface area contributed by atoms with Gasteiger partial charge in [0.05, 0.1) is 5.69 Å². The van der Waals surface area contributed by atoms with Crippen LogP contribution >= 0.6 is 50.2 Å². The number of rotatable bonds is 3. The van der Waals surface area contributed by atoms with Crippen LogP contribution in [0.4, 0.5) is 5.13 Å². The van der Waals surface area contributed by atoms with E-state index in [0.29, 0.717) is 5.13 Å². The molecule has 3 rings (SSSR count). The third kappa shape index (κ3) is 3.46. The lowest BCUT2D eigenvalue weighted by Gasteiger charge is -1.98. The molecule has 21 heavy (non-hydrogen) atoms. The van der Waals surface area contributed by atoms with Crippen molar-refractivity contribution < 1.29 is 4.79 Å². The third-order valence-corrected chi connectivity index (χ3v) is 4.71. The molecule has 0 saturated carbocycles. The lowest BCUT2D eigenvalue weighted by Crippen LogP contribution is -2.11. The molecule has 0 bridgehead atoms. The second-order valence-electron chi connectivity index (χ2n) is 3.86. The maximum Gasteiger partial charge on any atom is 0.288 e. The zero-order valence-corrected chi connectivity index (χ0v) is 14.2. The number of amides is 1. The summed E-state index contributed by atoms with van der Waals surface area (Å²) in [6.45, 7) is 0. The van der Waals surface area contributed by atoms with Crippen LogP contribution in [0.15, 0.2) is 34.1 Å². The number of hydrogen-bond donors (Lipinski definition) is 1. The Balaban J connectivity index is 1.78. The first-order valence-electron chi connectivity index (χ1n) is 5.63. The van der Waals surface area contributed by atoms with Gasteiger partial charge in [0.1, 0.15) is 0 Å². The number of hydrogen-bond acceptors (Lipinski definition) is 6. The fraction of sp³-hybridized carbons (Fsp3) is 0. The molecule has 1 aromatic carbocycles. The van der Waals surface area contributed by atoms with Gasteiger partial charge in [0.25, 0.3) is 5.91 Å². The number of anilines is 1. The summed E-state index contributed by atoms with van der Waals surface area (Å²) >= 11 is 11.4.